The molecule has 3 aromatic rings. The molecule has 4 heteroatoms. The zero-order chi connectivity index (χ0) is 14.8. The number of oxazole rings is 1. The Labute approximate surface area is 128 Å². The van der Waals surface area contributed by atoms with Crippen molar-refractivity contribution in [3.05, 3.63) is 59.7 Å². The number of nitrogens with zero attached hydrogens (tertiary/aromatic N) is 1. The third-order valence-corrected chi connectivity index (χ3v) is 4.68. The summed E-state index contributed by atoms with van der Waals surface area (Å²) < 4.78 is 5.80. The zero-order valence-corrected chi connectivity index (χ0v) is 12.9. The second-order valence-corrected chi connectivity index (χ2v) is 6.35. The van der Waals surface area contributed by atoms with Crippen molar-refractivity contribution < 1.29 is 4.42 Å². The highest BCUT2D eigenvalue weighted by molar-refractivity contribution is 7.99. The van der Waals surface area contributed by atoms with Gasteiger partial charge in [-0.1, -0.05) is 53.7 Å². The molecule has 0 spiro atoms. The SMILES string of the molecule is Cc1cccc(C(Sc2nc3ccccc3o2)C(C)N)c1. The Morgan fingerprint density at radius 1 is 1.14 bits per heavy atom. The van der Waals surface area contributed by atoms with Gasteiger partial charge in [0.2, 0.25) is 0 Å². The van der Waals surface area contributed by atoms with E-state index >= 15 is 0 Å². The molecule has 0 aliphatic heterocycles. The zero-order valence-electron chi connectivity index (χ0n) is 12.1. The number of aryl methyl sites for hydroxylation is 1. The molecular weight excluding hydrogens is 280 g/mol. The van der Waals surface area contributed by atoms with Gasteiger partial charge < -0.3 is 10.2 Å². The van der Waals surface area contributed by atoms with E-state index in [1.165, 1.54) is 11.1 Å². The first-order chi connectivity index (χ1) is 10.1. The largest absolute Gasteiger partial charge is 0.431 e. The summed E-state index contributed by atoms with van der Waals surface area (Å²) in [5.74, 6) is 0. The lowest BCUT2D eigenvalue weighted by Crippen LogP contribution is -2.22. The lowest BCUT2D eigenvalue weighted by Gasteiger charge is -2.19. The molecule has 0 amide bonds. The van der Waals surface area contributed by atoms with Crippen molar-refractivity contribution in [2.45, 2.75) is 30.4 Å². The van der Waals surface area contributed by atoms with Gasteiger partial charge >= 0.3 is 0 Å². The molecule has 2 unspecified atom stereocenters. The smallest absolute Gasteiger partial charge is 0.257 e. The summed E-state index contributed by atoms with van der Waals surface area (Å²) in [4.78, 5) is 4.52. The molecule has 0 bridgehead atoms. The Bertz CT molecular complexity index is 718. The summed E-state index contributed by atoms with van der Waals surface area (Å²) in [6, 6.07) is 16.2. The Morgan fingerprint density at radius 3 is 2.67 bits per heavy atom. The second-order valence-electron chi connectivity index (χ2n) is 5.26. The van der Waals surface area contributed by atoms with Crippen molar-refractivity contribution in [3.63, 3.8) is 0 Å². The van der Waals surface area contributed by atoms with E-state index in [0.29, 0.717) is 5.22 Å². The predicted octanol–water partition coefficient (Wildman–Crippen LogP) is 4.32. The molecule has 0 saturated heterocycles. The molecule has 0 radical (unpaired) electrons. The quantitative estimate of drug-likeness (QED) is 0.729. The molecule has 2 aromatic carbocycles. The van der Waals surface area contributed by atoms with Gasteiger partial charge in [0.05, 0.1) is 5.25 Å². The summed E-state index contributed by atoms with van der Waals surface area (Å²) in [7, 11) is 0. The first-order valence-corrected chi connectivity index (χ1v) is 7.86. The first-order valence-electron chi connectivity index (χ1n) is 6.98. The lowest BCUT2D eigenvalue weighted by molar-refractivity contribution is 0.487. The van der Waals surface area contributed by atoms with Crippen molar-refractivity contribution in [2.24, 2.45) is 5.73 Å². The van der Waals surface area contributed by atoms with E-state index in [2.05, 4.69) is 36.2 Å². The maximum absolute atomic E-state index is 6.17. The van der Waals surface area contributed by atoms with Crippen LogP contribution in [0.3, 0.4) is 0 Å². The fourth-order valence-electron chi connectivity index (χ4n) is 2.34. The van der Waals surface area contributed by atoms with Crippen LogP contribution in [0.15, 0.2) is 58.2 Å². The molecule has 3 rings (SSSR count). The normalized spacial score (nSPS) is 14.2. The molecule has 1 aromatic heterocycles. The number of fused-ring (bicyclic) bond motifs is 1. The van der Waals surface area contributed by atoms with Crippen molar-refractivity contribution in [1.29, 1.82) is 0 Å². The Hall–Kier alpha value is -1.78. The van der Waals surface area contributed by atoms with E-state index in [-0.39, 0.29) is 11.3 Å². The molecule has 0 fully saturated rings. The third kappa shape index (κ3) is 3.12. The van der Waals surface area contributed by atoms with Gasteiger partial charge in [-0.25, -0.2) is 4.98 Å². The first kappa shape index (κ1) is 14.2. The van der Waals surface area contributed by atoms with Gasteiger partial charge in [0.1, 0.15) is 5.52 Å². The molecule has 2 atom stereocenters. The van der Waals surface area contributed by atoms with Gasteiger partial charge in [0.15, 0.2) is 5.58 Å². The number of aromatic nitrogens is 1. The number of rotatable bonds is 4. The summed E-state index contributed by atoms with van der Waals surface area (Å²) in [6.07, 6.45) is 0. The van der Waals surface area contributed by atoms with Crippen LogP contribution in [0.5, 0.6) is 0 Å². The van der Waals surface area contributed by atoms with E-state index in [0.717, 1.165) is 11.1 Å². The highest BCUT2D eigenvalue weighted by Crippen LogP contribution is 2.38. The molecule has 0 aliphatic carbocycles. The molecular formula is C17H18N2OS. The van der Waals surface area contributed by atoms with Gasteiger partial charge in [-0.2, -0.15) is 0 Å². The summed E-state index contributed by atoms with van der Waals surface area (Å²) in [6.45, 7) is 4.11. The molecule has 2 N–H and O–H groups in total. The van der Waals surface area contributed by atoms with Crippen LogP contribution in [0.1, 0.15) is 23.3 Å². The van der Waals surface area contributed by atoms with Crippen LogP contribution >= 0.6 is 11.8 Å². The number of nitrogens with two attached hydrogens (primary N) is 1. The third-order valence-electron chi connectivity index (χ3n) is 3.35. The van der Waals surface area contributed by atoms with Gasteiger partial charge in [-0.3, -0.25) is 0 Å². The van der Waals surface area contributed by atoms with Crippen LogP contribution in [-0.4, -0.2) is 11.0 Å². The topological polar surface area (TPSA) is 52.0 Å². The average Bonchev–Trinajstić information content (AvgIpc) is 2.87. The van der Waals surface area contributed by atoms with E-state index in [1.807, 2.05) is 31.2 Å². The Morgan fingerprint density at radius 2 is 1.95 bits per heavy atom. The van der Waals surface area contributed by atoms with E-state index in [4.69, 9.17) is 10.2 Å². The van der Waals surface area contributed by atoms with Crippen LogP contribution < -0.4 is 5.73 Å². The van der Waals surface area contributed by atoms with E-state index in [1.54, 1.807) is 11.8 Å². The van der Waals surface area contributed by atoms with Gasteiger partial charge in [-0.15, -0.1) is 0 Å². The second kappa shape index (κ2) is 5.92. The predicted molar refractivity (Wildman–Crippen MR) is 87.4 cm³/mol. The number of hydrogen-bond acceptors (Lipinski definition) is 4. The summed E-state index contributed by atoms with van der Waals surface area (Å²) in [5, 5.41) is 0.790. The van der Waals surface area contributed by atoms with Gasteiger partial charge in [0.25, 0.3) is 5.22 Å². The fourth-order valence-corrected chi connectivity index (χ4v) is 3.34. The van der Waals surface area contributed by atoms with Crippen LogP contribution in [0, 0.1) is 6.92 Å². The molecule has 3 nitrogen and oxygen atoms in total. The van der Waals surface area contributed by atoms with Gasteiger partial charge in [0, 0.05) is 6.04 Å². The van der Waals surface area contributed by atoms with Crippen molar-refractivity contribution >= 4 is 22.9 Å². The van der Waals surface area contributed by atoms with Crippen LogP contribution in [0.4, 0.5) is 0 Å². The highest BCUT2D eigenvalue weighted by Gasteiger charge is 2.21. The number of thioether (sulfide) groups is 1. The maximum atomic E-state index is 6.17. The maximum Gasteiger partial charge on any atom is 0.257 e. The minimum absolute atomic E-state index is 0.00631. The number of para-hydroxylation sites is 2. The van der Waals surface area contributed by atoms with Crippen molar-refractivity contribution in [1.82, 2.24) is 4.98 Å². The van der Waals surface area contributed by atoms with Gasteiger partial charge in [-0.05, 0) is 31.5 Å². The van der Waals surface area contributed by atoms with E-state index < -0.39 is 0 Å². The van der Waals surface area contributed by atoms with E-state index in [9.17, 15) is 0 Å². The van der Waals surface area contributed by atoms with Crippen molar-refractivity contribution in [2.75, 3.05) is 0 Å². The minimum Gasteiger partial charge on any atom is -0.431 e. The number of hydrogen-bond donors (Lipinski definition) is 1. The molecule has 0 aliphatic rings. The highest BCUT2D eigenvalue weighted by atomic mass is 32.2. The molecule has 108 valence electrons. The molecule has 1 heterocycles. The van der Waals surface area contributed by atoms with Crippen LogP contribution in [0.25, 0.3) is 11.1 Å². The molecule has 0 saturated carbocycles. The lowest BCUT2D eigenvalue weighted by atomic mass is 10.0. The fraction of sp³-hybridized carbons (Fsp3) is 0.235. The van der Waals surface area contributed by atoms with Crippen molar-refractivity contribution in [3.8, 4) is 0 Å². The molecule has 21 heavy (non-hydrogen) atoms. The summed E-state index contributed by atoms with van der Waals surface area (Å²) in [5.41, 5.74) is 10.3. The standard InChI is InChI=1S/C17H18N2OS/c1-11-6-5-7-13(10-11)16(12(2)18)21-17-19-14-8-3-4-9-15(14)20-17/h3-10,12,16H,18H2,1-2H3. The summed E-state index contributed by atoms with van der Waals surface area (Å²) >= 11 is 1.58. The van der Waals surface area contributed by atoms with Crippen LogP contribution in [0.2, 0.25) is 0 Å². The Balaban J connectivity index is 1.91. The monoisotopic (exact) mass is 298 g/mol. The van der Waals surface area contributed by atoms with Crippen LogP contribution in [-0.2, 0) is 0 Å². The Kier molecular flexibility index (Phi) is 3.99. The number of benzene rings is 2. The minimum atomic E-state index is 0.00631. The average molecular weight is 298 g/mol.